The zero-order valence-electron chi connectivity index (χ0n) is 23.0. The van der Waals surface area contributed by atoms with Gasteiger partial charge in [0.05, 0.1) is 54.0 Å². The number of carbonyl (C=O) groups excluding carboxylic acids is 2. The van der Waals surface area contributed by atoms with Gasteiger partial charge >= 0.3 is 0 Å². The number of hydrogen-bond acceptors (Lipinski definition) is 5. The summed E-state index contributed by atoms with van der Waals surface area (Å²) in [5.74, 6) is 0.0262. The normalized spacial score (nSPS) is 22.2. The van der Waals surface area contributed by atoms with Gasteiger partial charge in [0, 0.05) is 43.5 Å². The number of nitrogens with zero attached hydrogens (tertiary/aromatic N) is 6. The highest BCUT2D eigenvalue weighted by molar-refractivity contribution is 6.39. The van der Waals surface area contributed by atoms with Crippen molar-refractivity contribution in [2.75, 3.05) is 7.11 Å². The third-order valence-corrected chi connectivity index (χ3v) is 9.68. The fourth-order valence-corrected chi connectivity index (χ4v) is 7.99. The average molecular weight is 569 g/mol. The van der Waals surface area contributed by atoms with Crippen molar-refractivity contribution in [2.24, 2.45) is 5.11 Å². The van der Waals surface area contributed by atoms with Gasteiger partial charge in [-0.1, -0.05) is 53.6 Å². The summed E-state index contributed by atoms with van der Waals surface area (Å²) >= 11 is 0. The Kier molecular flexibility index (Phi) is 4.74. The first kappa shape index (κ1) is 24.3. The van der Waals surface area contributed by atoms with Crippen LogP contribution in [0.25, 0.3) is 54.1 Å². The Bertz CT molecular complexity index is 2280. The number of aromatic nitrogens is 2. The Labute approximate surface area is 243 Å². The van der Waals surface area contributed by atoms with Crippen LogP contribution in [0.4, 0.5) is 0 Å². The predicted molar refractivity (Wildman–Crippen MR) is 161 cm³/mol. The van der Waals surface area contributed by atoms with Crippen LogP contribution in [0.2, 0.25) is 0 Å². The number of rotatable bonds is 4. The summed E-state index contributed by atoms with van der Waals surface area (Å²) in [7, 11) is 1.59. The molecular formula is C33H24N6O4. The average Bonchev–Trinajstić information content (AvgIpc) is 3.68. The first-order chi connectivity index (χ1) is 21.0. The molecule has 1 saturated carbocycles. The molecule has 3 aliphatic rings. The number of azide groups is 1. The lowest BCUT2D eigenvalue weighted by atomic mass is 9.96. The van der Waals surface area contributed by atoms with Gasteiger partial charge in [-0.05, 0) is 41.8 Å². The van der Waals surface area contributed by atoms with Crippen molar-refractivity contribution < 1.29 is 19.4 Å². The van der Waals surface area contributed by atoms with E-state index in [1.54, 1.807) is 7.11 Å². The number of aliphatic hydroxyl groups excluding tert-OH is 1. The van der Waals surface area contributed by atoms with E-state index in [0.717, 1.165) is 49.2 Å². The minimum Gasteiger partial charge on any atom is -0.497 e. The Morgan fingerprint density at radius 2 is 1.42 bits per heavy atom. The minimum atomic E-state index is -0.929. The van der Waals surface area contributed by atoms with E-state index in [1.807, 2.05) is 72.8 Å². The summed E-state index contributed by atoms with van der Waals surface area (Å²) in [6.45, 7) is 0.125. The molecule has 9 rings (SSSR count). The summed E-state index contributed by atoms with van der Waals surface area (Å²) in [6, 6.07) is 21.6. The van der Waals surface area contributed by atoms with E-state index in [-0.39, 0.29) is 30.4 Å². The molecule has 0 unspecified atom stereocenters. The van der Waals surface area contributed by atoms with Crippen molar-refractivity contribution in [2.45, 2.75) is 37.2 Å². The number of fused-ring (bicyclic) bond motifs is 13. The Morgan fingerprint density at radius 3 is 1.98 bits per heavy atom. The van der Waals surface area contributed by atoms with Crippen molar-refractivity contribution in [3.05, 3.63) is 99.9 Å². The van der Waals surface area contributed by atoms with Crippen LogP contribution in [-0.2, 0) is 6.54 Å². The number of para-hydroxylation sites is 2. The van der Waals surface area contributed by atoms with Gasteiger partial charge in [-0.2, -0.15) is 0 Å². The van der Waals surface area contributed by atoms with Crippen LogP contribution in [0.15, 0.2) is 77.9 Å². The first-order valence-corrected chi connectivity index (χ1v) is 14.3. The highest BCUT2D eigenvalue weighted by Crippen LogP contribution is 2.54. The monoisotopic (exact) mass is 568 g/mol. The third kappa shape index (κ3) is 2.89. The summed E-state index contributed by atoms with van der Waals surface area (Å²) in [4.78, 5) is 33.3. The van der Waals surface area contributed by atoms with Gasteiger partial charge in [0.1, 0.15) is 5.75 Å². The van der Waals surface area contributed by atoms with Gasteiger partial charge in [-0.25, -0.2) is 0 Å². The molecule has 43 heavy (non-hydrogen) atoms. The van der Waals surface area contributed by atoms with E-state index in [0.29, 0.717) is 23.3 Å². The second kappa shape index (κ2) is 8.38. The summed E-state index contributed by atoms with van der Waals surface area (Å²) in [5.41, 5.74) is 14.5. The maximum Gasteiger partial charge on any atom is 0.262 e. The van der Waals surface area contributed by atoms with Crippen molar-refractivity contribution in [3.63, 3.8) is 0 Å². The number of carbonyl (C=O) groups is 2. The fourth-order valence-electron chi connectivity index (χ4n) is 7.99. The molecule has 210 valence electrons. The number of methoxy groups -OCH3 is 1. The lowest BCUT2D eigenvalue weighted by molar-refractivity contribution is 0.0643. The lowest BCUT2D eigenvalue weighted by Gasteiger charge is -2.24. The number of hydrogen-bond donors (Lipinski definition) is 1. The van der Waals surface area contributed by atoms with Crippen LogP contribution < -0.4 is 4.74 Å². The molecule has 4 heterocycles. The number of ether oxygens (including phenoxy) is 1. The molecule has 6 aromatic rings. The van der Waals surface area contributed by atoms with Gasteiger partial charge < -0.3 is 19.0 Å². The zero-order chi connectivity index (χ0) is 29.1. The van der Waals surface area contributed by atoms with Crippen LogP contribution in [0.3, 0.4) is 0 Å². The molecule has 4 atom stereocenters. The lowest BCUT2D eigenvalue weighted by Crippen LogP contribution is -2.30. The molecule has 0 saturated heterocycles. The fraction of sp³-hybridized carbons (Fsp3) is 0.212. The van der Waals surface area contributed by atoms with Crippen LogP contribution in [-0.4, -0.2) is 50.2 Å². The Balaban J connectivity index is 1.43. The number of amides is 2. The van der Waals surface area contributed by atoms with Crippen molar-refractivity contribution >= 4 is 55.4 Å². The molecule has 10 nitrogen and oxygen atoms in total. The van der Waals surface area contributed by atoms with Crippen LogP contribution in [0.1, 0.15) is 44.8 Å². The van der Waals surface area contributed by atoms with Gasteiger partial charge in [0.25, 0.3) is 11.8 Å². The summed E-state index contributed by atoms with van der Waals surface area (Å²) < 4.78 is 9.57. The highest BCUT2D eigenvalue weighted by atomic mass is 16.5. The van der Waals surface area contributed by atoms with Crippen molar-refractivity contribution in [1.29, 1.82) is 0 Å². The summed E-state index contributed by atoms with van der Waals surface area (Å²) in [5, 5.41) is 18.9. The smallest absolute Gasteiger partial charge is 0.262 e. The Hall–Kier alpha value is -5.31. The van der Waals surface area contributed by atoms with Gasteiger partial charge in [0.2, 0.25) is 0 Å². The van der Waals surface area contributed by atoms with Crippen LogP contribution >= 0.6 is 0 Å². The van der Waals surface area contributed by atoms with Gasteiger partial charge in [-0.3, -0.25) is 14.5 Å². The molecule has 0 radical (unpaired) electrons. The van der Waals surface area contributed by atoms with Crippen molar-refractivity contribution in [1.82, 2.24) is 14.0 Å². The molecule has 4 aromatic carbocycles. The van der Waals surface area contributed by atoms with Gasteiger partial charge in [0.15, 0.2) is 0 Å². The number of benzene rings is 4. The molecule has 1 aliphatic carbocycles. The largest absolute Gasteiger partial charge is 0.497 e. The molecule has 1 fully saturated rings. The molecule has 0 spiro atoms. The molecule has 2 bridgehead atoms. The maximum atomic E-state index is 14.4. The minimum absolute atomic E-state index is 0.125. The predicted octanol–water partition coefficient (Wildman–Crippen LogP) is 6.25. The zero-order valence-corrected chi connectivity index (χ0v) is 23.0. The SMILES string of the molecule is COc1ccc(CN2C(=O)c3c(c4c5ccccc5n5c4c4c3c3ccccc3n4[C@@H]3C[C@H]5[C@@H](O)[C@@H]3N=[N+]=[N-])C2=O)cc1. The van der Waals surface area contributed by atoms with E-state index in [4.69, 9.17) is 4.74 Å². The van der Waals surface area contributed by atoms with Crippen LogP contribution in [0.5, 0.6) is 5.75 Å². The number of imide groups is 1. The topological polar surface area (TPSA) is 125 Å². The van der Waals surface area contributed by atoms with E-state index in [9.17, 15) is 20.2 Å². The summed E-state index contributed by atoms with van der Waals surface area (Å²) in [6.07, 6.45) is -0.390. The maximum absolute atomic E-state index is 14.4. The molecule has 2 amide bonds. The van der Waals surface area contributed by atoms with E-state index < -0.39 is 12.1 Å². The van der Waals surface area contributed by atoms with Gasteiger partial charge in [-0.15, -0.1) is 0 Å². The Morgan fingerprint density at radius 1 is 0.860 bits per heavy atom. The quantitative estimate of drug-likeness (QED) is 0.117. The van der Waals surface area contributed by atoms with E-state index in [2.05, 4.69) is 19.2 Å². The third-order valence-electron chi connectivity index (χ3n) is 9.68. The molecule has 10 heteroatoms. The first-order valence-electron chi connectivity index (χ1n) is 14.3. The molecule has 2 aliphatic heterocycles. The van der Waals surface area contributed by atoms with E-state index >= 15 is 0 Å². The standard InChI is InChI=1S/C33H24N6O4/c1-43-17-12-10-16(11-13-17)15-37-32(41)26-24-18-6-2-4-8-20(18)38-22-14-23(31(40)28(22)35-36-34)39-21-9-5-3-7-19(21)25(27(26)33(37)42)30(39)29(24)38/h2-13,22-23,28,31,40H,14-15H2,1H3/t22-,23+,28-,31-/m1/s1. The van der Waals surface area contributed by atoms with Crippen molar-refractivity contribution in [3.8, 4) is 5.75 Å². The highest BCUT2D eigenvalue weighted by Gasteiger charge is 2.50. The molecule has 2 aromatic heterocycles. The molecule has 1 N–H and O–H groups in total. The second-order valence-electron chi connectivity index (χ2n) is 11.6. The second-order valence-corrected chi connectivity index (χ2v) is 11.6. The van der Waals surface area contributed by atoms with E-state index in [1.165, 1.54) is 4.90 Å². The van der Waals surface area contributed by atoms with Crippen LogP contribution in [0, 0.1) is 0 Å². The number of aliphatic hydroxyl groups is 1. The molecular weight excluding hydrogens is 544 g/mol.